The minimum atomic E-state index is -0.380. The molecule has 1 N–H and O–H groups in total. The Labute approximate surface area is 141 Å². The number of rotatable bonds is 3. The molecule has 0 radical (unpaired) electrons. The Morgan fingerprint density at radius 1 is 1.24 bits per heavy atom. The van der Waals surface area contributed by atoms with Gasteiger partial charge in [-0.15, -0.1) is 11.3 Å². The van der Waals surface area contributed by atoms with Gasteiger partial charge in [-0.1, -0.05) is 15.9 Å². The van der Waals surface area contributed by atoms with Crippen LogP contribution in [0.1, 0.15) is 15.4 Å². The van der Waals surface area contributed by atoms with Gasteiger partial charge in [-0.2, -0.15) is 5.10 Å². The van der Waals surface area contributed by atoms with Crippen LogP contribution in [-0.4, -0.2) is 12.1 Å². The summed E-state index contributed by atoms with van der Waals surface area (Å²) in [4.78, 5) is 12.9. The highest BCUT2D eigenvalue weighted by atomic mass is 79.9. The topological polar surface area (TPSA) is 54.6 Å². The number of halogens is 2. The van der Waals surface area contributed by atoms with E-state index >= 15 is 0 Å². The molecule has 0 atom stereocenters. The number of fused-ring (bicyclic) bond motifs is 1. The van der Waals surface area contributed by atoms with E-state index in [0.717, 1.165) is 19.2 Å². The quantitative estimate of drug-likeness (QED) is 0.482. The fraction of sp³-hybridized carbons (Fsp3) is 0. The van der Waals surface area contributed by atoms with E-state index in [-0.39, 0.29) is 11.7 Å². The van der Waals surface area contributed by atoms with Crippen molar-refractivity contribution in [2.45, 2.75) is 0 Å². The van der Waals surface area contributed by atoms with Crippen LogP contribution in [0.2, 0.25) is 0 Å². The average molecular weight is 428 g/mol. The molecule has 0 aliphatic rings. The van der Waals surface area contributed by atoms with E-state index in [1.807, 2.05) is 29.6 Å². The second kappa shape index (κ2) is 6.13. The smallest absolute Gasteiger partial charge is 0.307 e. The molecule has 0 spiro atoms. The minimum Gasteiger partial charge on any atom is -0.451 e. The average Bonchev–Trinajstić information content (AvgIpc) is 3.04. The van der Waals surface area contributed by atoms with Crippen molar-refractivity contribution in [3.8, 4) is 0 Å². The monoisotopic (exact) mass is 426 g/mol. The largest absolute Gasteiger partial charge is 0.451 e. The van der Waals surface area contributed by atoms with Crippen molar-refractivity contribution in [3.63, 3.8) is 0 Å². The zero-order chi connectivity index (χ0) is 14.8. The number of benzene rings is 1. The van der Waals surface area contributed by atoms with E-state index in [0.29, 0.717) is 5.58 Å². The number of hydrogen-bond acceptors (Lipinski definition) is 4. The van der Waals surface area contributed by atoms with Gasteiger partial charge in [-0.25, -0.2) is 5.43 Å². The number of hydrogen-bond donors (Lipinski definition) is 1. The fourth-order valence-corrected chi connectivity index (χ4v) is 3.41. The summed E-state index contributed by atoms with van der Waals surface area (Å²) in [6, 6.07) is 9.16. The van der Waals surface area contributed by atoms with Gasteiger partial charge in [-0.05, 0) is 46.3 Å². The summed E-state index contributed by atoms with van der Waals surface area (Å²) in [5.41, 5.74) is 3.11. The van der Waals surface area contributed by atoms with Gasteiger partial charge in [0.1, 0.15) is 5.58 Å². The lowest BCUT2D eigenvalue weighted by atomic mass is 10.2. The third-order valence-electron chi connectivity index (χ3n) is 2.65. The van der Waals surface area contributed by atoms with Crippen LogP contribution in [0, 0.1) is 0 Å². The zero-order valence-corrected chi connectivity index (χ0v) is 14.5. The van der Waals surface area contributed by atoms with Gasteiger partial charge in [0.15, 0.2) is 5.76 Å². The molecule has 1 aromatic carbocycles. The summed E-state index contributed by atoms with van der Waals surface area (Å²) >= 11 is 8.26. The van der Waals surface area contributed by atoms with Gasteiger partial charge in [-0.3, -0.25) is 4.79 Å². The van der Waals surface area contributed by atoms with Crippen molar-refractivity contribution in [1.82, 2.24) is 5.43 Å². The Balaban J connectivity index is 1.73. The van der Waals surface area contributed by atoms with E-state index < -0.39 is 0 Å². The molecule has 4 nitrogen and oxygen atoms in total. The molecule has 0 aliphatic carbocycles. The molecule has 2 heterocycles. The molecule has 7 heteroatoms. The van der Waals surface area contributed by atoms with Gasteiger partial charge >= 0.3 is 5.91 Å². The van der Waals surface area contributed by atoms with Crippen LogP contribution in [0.25, 0.3) is 11.0 Å². The van der Waals surface area contributed by atoms with Crippen LogP contribution in [-0.2, 0) is 0 Å². The van der Waals surface area contributed by atoms with Crippen molar-refractivity contribution in [2.24, 2.45) is 5.10 Å². The molecule has 0 saturated heterocycles. The molecule has 0 fully saturated rings. The van der Waals surface area contributed by atoms with E-state index in [9.17, 15) is 4.79 Å². The SMILES string of the molecule is O=C(N/N=C/c1cc(Br)cs1)c1cc2cc(Br)ccc2o1. The number of amides is 1. The number of carbonyl (C=O) groups is 1. The van der Waals surface area contributed by atoms with Crippen molar-refractivity contribution < 1.29 is 9.21 Å². The second-order valence-corrected chi connectivity index (χ2v) is 6.93. The van der Waals surface area contributed by atoms with Crippen molar-refractivity contribution in [2.75, 3.05) is 0 Å². The Morgan fingerprint density at radius 3 is 2.86 bits per heavy atom. The Hall–Kier alpha value is -1.44. The lowest BCUT2D eigenvalue weighted by molar-refractivity contribution is 0.0929. The van der Waals surface area contributed by atoms with E-state index in [4.69, 9.17) is 4.42 Å². The van der Waals surface area contributed by atoms with Gasteiger partial charge in [0.2, 0.25) is 0 Å². The van der Waals surface area contributed by atoms with Crippen molar-refractivity contribution >= 4 is 66.3 Å². The van der Waals surface area contributed by atoms with Gasteiger partial charge in [0, 0.05) is 24.6 Å². The van der Waals surface area contributed by atoms with Crippen LogP contribution in [0.15, 0.2) is 54.2 Å². The Morgan fingerprint density at radius 2 is 2.10 bits per heavy atom. The van der Waals surface area contributed by atoms with E-state index in [2.05, 4.69) is 42.4 Å². The third kappa shape index (κ3) is 3.42. The Bertz CT molecular complexity index is 838. The highest BCUT2D eigenvalue weighted by Gasteiger charge is 2.11. The van der Waals surface area contributed by atoms with Crippen LogP contribution >= 0.6 is 43.2 Å². The van der Waals surface area contributed by atoms with Crippen LogP contribution in [0.3, 0.4) is 0 Å². The highest BCUT2D eigenvalue weighted by molar-refractivity contribution is 9.10. The standard InChI is InChI=1S/C14H8Br2N2O2S/c15-9-1-2-12-8(3-9)4-13(20-12)14(19)18-17-6-11-5-10(16)7-21-11/h1-7H,(H,18,19)/b17-6+. The van der Waals surface area contributed by atoms with Crippen LogP contribution < -0.4 is 5.43 Å². The molecule has 0 saturated carbocycles. The van der Waals surface area contributed by atoms with E-state index in [1.165, 1.54) is 11.3 Å². The summed E-state index contributed by atoms with van der Waals surface area (Å²) in [5, 5.41) is 6.72. The molecule has 3 rings (SSSR count). The molecule has 1 amide bonds. The van der Waals surface area contributed by atoms with E-state index in [1.54, 1.807) is 12.3 Å². The minimum absolute atomic E-state index is 0.229. The summed E-state index contributed by atoms with van der Waals surface area (Å²) in [6.45, 7) is 0. The Kier molecular flexibility index (Phi) is 4.23. The maximum absolute atomic E-state index is 12.0. The number of carbonyl (C=O) groups excluding carboxylic acids is 1. The molecular weight excluding hydrogens is 420 g/mol. The number of hydrazone groups is 1. The first-order chi connectivity index (χ1) is 10.1. The van der Waals surface area contributed by atoms with Crippen molar-refractivity contribution in [1.29, 1.82) is 0 Å². The molecule has 0 bridgehead atoms. The highest BCUT2D eigenvalue weighted by Crippen LogP contribution is 2.23. The fourth-order valence-electron chi connectivity index (χ4n) is 1.73. The maximum Gasteiger partial charge on any atom is 0.307 e. The molecule has 106 valence electrons. The number of nitrogens with one attached hydrogen (secondary N) is 1. The first-order valence-corrected chi connectivity index (χ1v) is 8.35. The summed E-state index contributed by atoms with van der Waals surface area (Å²) in [6.07, 6.45) is 1.59. The lowest BCUT2D eigenvalue weighted by Gasteiger charge is -1.93. The van der Waals surface area contributed by atoms with Crippen LogP contribution in [0.4, 0.5) is 0 Å². The predicted octanol–water partition coefficient (Wildman–Crippen LogP) is 4.78. The van der Waals surface area contributed by atoms with Gasteiger partial charge in [0.25, 0.3) is 0 Å². The third-order valence-corrected chi connectivity index (χ3v) is 4.77. The zero-order valence-electron chi connectivity index (χ0n) is 10.5. The predicted molar refractivity (Wildman–Crippen MR) is 91.0 cm³/mol. The lowest BCUT2D eigenvalue weighted by Crippen LogP contribution is -2.16. The first kappa shape index (κ1) is 14.5. The van der Waals surface area contributed by atoms with Gasteiger partial charge < -0.3 is 4.42 Å². The molecule has 0 unspecified atom stereocenters. The molecule has 21 heavy (non-hydrogen) atoms. The first-order valence-electron chi connectivity index (χ1n) is 5.88. The second-order valence-electron chi connectivity index (χ2n) is 4.16. The van der Waals surface area contributed by atoms with Gasteiger partial charge in [0.05, 0.1) is 6.21 Å². The summed E-state index contributed by atoms with van der Waals surface area (Å²) < 4.78 is 7.40. The summed E-state index contributed by atoms with van der Waals surface area (Å²) in [5.74, 6) is -0.151. The number of furan rings is 1. The normalized spacial score (nSPS) is 11.3. The number of nitrogens with zero attached hydrogens (tertiary/aromatic N) is 1. The molecule has 0 aliphatic heterocycles. The molecule has 2 aromatic heterocycles. The molecule has 3 aromatic rings. The summed E-state index contributed by atoms with van der Waals surface area (Å²) in [7, 11) is 0. The maximum atomic E-state index is 12.0. The number of thiophene rings is 1. The van der Waals surface area contributed by atoms with Crippen LogP contribution in [0.5, 0.6) is 0 Å². The molecular formula is C14H8Br2N2O2S. The van der Waals surface area contributed by atoms with Crippen molar-refractivity contribution in [3.05, 3.63) is 55.3 Å².